The molecule has 0 saturated heterocycles. The Labute approximate surface area is 311 Å². The van der Waals surface area contributed by atoms with E-state index in [0.717, 1.165) is 12.1 Å². The molecule has 20 heteroatoms. The van der Waals surface area contributed by atoms with Gasteiger partial charge in [-0.15, -0.1) is 5.10 Å². The van der Waals surface area contributed by atoms with Crippen molar-refractivity contribution in [3.63, 3.8) is 0 Å². The number of pyridine rings is 1. The molecule has 0 radical (unpaired) electrons. The molecule has 13 nitrogen and oxygen atoms in total. The minimum Gasteiger partial charge on any atom is -0.475 e. The Morgan fingerprint density at radius 1 is 0.963 bits per heavy atom. The summed E-state index contributed by atoms with van der Waals surface area (Å²) in [4.78, 5) is 56.5. The Hall–Kier alpha value is -5.75. The molecule has 1 aliphatic rings. The Balaban J connectivity index is 0.000000730. The van der Waals surface area contributed by atoms with E-state index in [1.54, 1.807) is 37.3 Å². The number of fused-ring (bicyclic) bond motifs is 4. The zero-order valence-corrected chi connectivity index (χ0v) is 29.2. The number of carbonyl (C=O) groups excluding carboxylic acids is 2. The molecule has 2 atom stereocenters. The van der Waals surface area contributed by atoms with Crippen LogP contribution in [0.3, 0.4) is 0 Å². The van der Waals surface area contributed by atoms with Crippen molar-refractivity contribution in [3.05, 3.63) is 105 Å². The molecule has 3 aromatic heterocycles. The third kappa shape index (κ3) is 8.71. The zero-order valence-electron chi connectivity index (χ0n) is 27.7. The standard InChI is InChI=1S/C32H26Cl2F2N8O3.C2HF3O2/c1-17-3-2-4-27(43-16-39-23(14-29(43)45)22-13-20(33)6-8-26(22)44-15-28(34)41-42-44)25-11-18(9-10-38-25)21-7-5-19(32(35,36)31(37)47)12-24(21)40-30(17)46;3-2(4,5)1(6)7/h5-17,27H,2-4H2,1H3,(H2,37,47)(H,40,46);(H,6,7)/t17-,27+;/m1./s1. The fourth-order valence-corrected chi connectivity index (χ4v) is 5.83. The first-order chi connectivity index (χ1) is 25.4. The van der Waals surface area contributed by atoms with E-state index in [1.807, 2.05) is 0 Å². The molecule has 54 heavy (non-hydrogen) atoms. The Bertz CT molecular complexity index is 2300. The van der Waals surface area contributed by atoms with Crippen LogP contribution in [0.15, 0.2) is 78.1 Å². The van der Waals surface area contributed by atoms with Crippen molar-refractivity contribution >= 4 is 46.7 Å². The predicted molar refractivity (Wildman–Crippen MR) is 185 cm³/mol. The maximum Gasteiger partial charge on any atom is 0.490 e. The Morgan fingerprint density at radius 2 is 1.69 bits per heavy atom. The number of anilines is 1. The number of carboxylic acids is 1. The van der Waals surface area contributed by atoms with Gasteiger partial charge in [-0.1, -0.05) is 53.9 Å². The van der Waals surface area contributed by atoms with E-state index in [-0.39, 0.29) is 22.3 Å². The number of aliphatic carboxylic acids is 1. The lowest BCUT2D eigenvalue weighted by Gasteiger charge is -2.23. The molecule has 4 N–H and O–H groups in total. The minimum atomic E-state index is -5.08. The maximum absolute atomic E-state index is 14.6. The molecular weight excluding hydrogens is 766 g/mol. The van der Waals surface area contributed by atoms with Crippen LogP contribution >= 0.6 is 23.2 Å². The number of primary amides is 1. The SMILES string of the molecule is C[C@@H]1CCC[C@H](n2cnc(-c3cc(Cl)ccc3-n3cc(Cl)nn3)cc2=O)c2cc(ccn2)-c2ccc(C(F)(F)C(N)=O)cc2NC1=O.O=C(O)C(F)(F)F. The third-order valence-electron chi connectivity index (χ3n) is 8.31. The van der Waals surface area contributed by atoms with Crippen LogP contribution in [-0.2, 0) is 20.3 Å². The van der Waals surface area contributed by atoms with Crippen LogP contribution in [0.4, 0.5) is 27.6 Å². The van der Waals surface area contributed by atoms with Gasteiger partial charge in [0, 0.05) is 45.6 Å². The molecule has 0 spiro atoms. The molecule has 1 aliphatic heterocycles. The number of rotatable bonds is 5. The van der Waals surface area contributed by atoms with Gasteiger partial charge in [0.2, 0.25) is 5.91 Å². The first-order valence-electron chi connectivity index (χ1n) is 15.7. The van der Waals surface area contributed by atoms with Crippen LogP contribution in [0.1, 0.15) is 43.5 Å². The van der Waals surface area contributed by atoms with Crippen molar-refractivity contribution in [1.29, 1.82) is 0 Å². The quantitative estimate of drug-likeness (QED) is 0.169. The lowest BCUT2D eigenvalue weighted by molar-refractivity contribution is -0.192. The van der Waals surface area contributed by atoms with E-state index in [0.29, 0.717) is 58.1 Å². The lowest BCUT2D eigenvalue weighted by Crippen LogP contribution is -2.33. The van der Waals surface area contributed by atoms with Crippen LogP contribution in [0.25, 0.3) is 28.1 Å². The number of carbonyl (C=O) groups is 3. The Kier molecular flexibility index (Phi) is 11.5. The normalized spacial score (nSPS) is 16.1. The molecule has 5 aromatic rings. The molecule has 0 aliphatic carbocycles. The first-order valence-corrected chi connectivity index (χ1v) is 16.5. The number of aromatic nitrogens is 6. The van der Waals surface area contributed by atoms with Crippen molar-refractivity contribution in [2.24, 2.45) is 11.7 Å². The van der Waals surface area contributed by atoms with Gasteiger partial charge in [-0.3, -0.25) is 23.9 Å². The molecule has 282 valence electrons. The highest BCUT2D eigenvalue weighted by molar-refractivity contribution is 6.31. The van der Waals surface area contributed by atoms with E-state index in [9.17, 15) is 36.3 Å². The van der Waals surface area contributed by atoms with Crippen molar-refractivity contribution < 1.29 is 41.4 Å². The topological polar surface area (TPSA) is 188 Å². The number of nitrogens with two attached hydrogens (primary N) is 1. The largest absolute Gasteiger partial charge is 0.490 e. The van der Waals surface area contributed by atoms with Crippen molar-refractivity contribution in [2.75, 3.05) is 5.32 Å². The average molecular weight is 794 g/mol. The average Bonchev–Trinajstić information content (AvgIpc) is 3.55. The van der Waals surface area contributed by atoms with Gasteiger partial charge in [0.1, 0.15) is 0 Å². The van der Waals surface area contributed by atoms with Gasteiger partial charge in [-0.05, 0) is 54.8 Å². The van der Waals surface area contributed by atoms with Crippen LogP contribution in [0, 0.1) is 5.92 Å². The van der Waals surface area contributed by atoms with Crippen molar-refractivity contribution in [1.82, 2.24) is 29.5 Å². The molecule has 2 amide bonds. The summed E-state index contributed by atoms with van der Waals surface area (Å²) in [5.74, 6) is -9.39. The summed E-state index contributed by atoms with van der Waals surface area (Å²) in [7, 11) is 0. The number of hydrogen-bond acceptors (Lipinski definition) is 8. The van der Waals surface area contributed by atoms with E-state index < -0.39 is 41.5 Å². The van der Waals surface area contributed by atoms with Gasteiger partial charge < -0.3 is 16.2 Å². The predicted octanol–water partition coefficient (Wildman–Crippen LogP) is 6.42. The number of nitrogens with one attached hydrogen (secondary N) is 1. The second-order valence-electron chi connectivity index (χ2n) is 12.0. The third-order valence-corrected chi connectivity index (χ3v) is 8.71. The molecule has 0 saturated carbocycles. The fourth-order valence-electron chi connectivity index (χ4n) is 5.53. The number of benzene rings is 2. The summed E-state index contributed by atoms with van der Waals surface area (Å²) in [6.07, 6.45) is 0.814. The van der Waals surface area contributed by atoms with Crippen LogP contribution in [-0.4, -0.2) is 58.6 Å². The highest BCUT2D eigenvalue weighted by Crippen LogP contribution is 2.37. The lowest BCUT2D eigenvalue weighted by atomic mass is 9.94. The highest BCUT2D eigenvalue weighted by atomic mass is 35.5. The molecule has 2 bridgehead atoms. The number of alkyl halides is 5. The van der Waals surface area contributed by atoms with Gasteiger partial charge in [-0.2, -0.15) is 22.0 Å². The second-order valence-corrected chi connectivity index (χ2v) is 12.8. The number of halogens is 7. The summed E-state index contributed by atoms with van der Waals surface area (Å²) < 4.78 is 63.8. The fraction of sp³-hybridized carbons (Fsp3) is 0.235. The van der Waals surface area contributed by atoms with Crippen LogP contribution in [0.2, 0.25) is 10.2 Å². The second kappa shape index (κ2) is 15.7. The van der Waals surface area contributed by atoms with Gasteiger partial charge in [0.05, 0.1) is 35.6 Å². The van der Waals surface area contributed by atoms with E-state index in [1.165, 1.54) is 40.1 Å². The van der Waals surface area contributed by atoms with Gasteiger partial charge in [0.15, 0.2) is 5.15 Å². The summed E-state index contributed by atoms with van der Waals surface area (Å²) in [6.45, 7) is 1.72. The minimum absolute atomic E-state index is 0.0868. The highest BCUT2D eigenvalue weighted by Gasteiger charge is 2.40. The zero-order chi connectivity index (χ0) is 39.5. The summed E-state index contributed by atoms with van der Waals surface area (Å²) in [6, 6.07) is 12.8. The molecule has 0 fully saturated rings. The summed E-state index contributed by atoms with van der Waals surface area (Å²) in [5, 5.41) is 18.3. The van der Waals surface area contributed by atoms with Crippen molar-refractivity contribution in [3.8, 4) is 28.1 Å². The number of hydrogen-bond donors (Lipinski definition) is 3. The number of amides is 2. The van der Waals surface area contributed by atoms with Gasteiger partial charge in [0.25, 0.3) is 11.5 Å². The number of nitrogens with zero attached hydrogens (tertiary/aromatic N) is 6. The van der Waals surface area contributed by atoms with Crippen molar-refractivity contribution in [2.45, 2.75) is 44.3 Å². The van der Waals surface area contributed by atoms with E-state index in [4.69, 9.17) is 38.8 Å². The summed E-state index contributed by atoms with van der Waals surface area (Å²) in [5.41, 5.74) is 6.93. The summed E-state index contributed by atoms with van der Waals surface area (Å²) >= 11 is 12.3. The first kappa shape index (κ1) is 39.5. The molecular formula is C34H27Cl2F5N8O5. The molecule has 4 heterocycles. The van der Waals surface area contributed by atoms with Crippen LogP contribution in [0.5, 0.6) is 0 Å². The smallest absolute Gasteiger partial charge is 0.475 e. The van der Waals surface area contributed by atoms with Gasteiger partial charge >= 0.3 is 18.1 Å². The Morgan fingerprint density at radius 3 is 2.31 bits per heavy atom. The number of carboxylic acid groups (broad SMARTS) is 1. The molecule has 6 rings (SSSR count). The monoisotopic (exact) mass is 792 g/mol. The van der Waals surface area contributed by atoms with Crippen LogP contribution < -0.4 is 16.6 Å². The molecule has 0 unspecified atom stereocenters. The van der Waals surface area contributed by atoms with E-state index in [2.05, 4.69) is 25.6 Å². The van der Waals surface area contributed by atoms with Gasteiger partial charge in [-0.25, -0.2) is 14.5 Å². The molecule has 2 aromatic carbocycles. The van der Waals surface area contributed by atoms with E-state index >= 15 is 0 Å². The maximum atomic E-state index is 14.6.